The highest BCUT2D eigenvalue weighted by atomic mass is 16.5. The van der Waals surface area contributed by atoms with Crippen molar-refractivity contribution in [3.05, 3.63) is 29.8 Å². The Morgan fingerprint density at radius 1 is 0.905 bits per heavy atom. The minimum absolute atomic E-state index is 0.353. The van der Waals surface area contributed by atoms with E-state index in [1.165, 1.54) is 44.9 Å². The van der Waals surface area contributed by atoms with Crippen molar-refractivity contribution in [3.8, 4) is 5.75 Å². The summed E-state index contributed by atoms with van der Waals surface area (Å²) in [5.41, 5.74) is 1.08. The summed E-state index contributed by atoms with van der Waals surface area (Å²) in [6.07, 6.45) is 11.5. The number of ketones is 1. The molecule has 1 aromatic carbocycles. The molecule has 118 valence electrons. The van der Waals surface area contributed by atoms with Crippen molar-refractivity contribution in [1.29, 1.82) is 0 Å². The van der Waals surface area contributed by atoms with Crippen molar-refractivity contribution in [2.24, 2.45) is 0 Å². The van der Waals surface area contributed by atoms with E-state index in [9.17, 15) is 4.79 Å². The summed E-state index contributed by atoms with van der Waals surface area (Å²) in [5, 5.41) is 0. The van der Waals surface area contributed by atoms with Crippen molar-refractivity contribution >= 4 is 5.78 Å². The second-order valence-corrected chi connectivity index (χ2v) is 5.79. The lowest BCUT2D eigenvalue weighted by Crippen LogP contribution is -2.02. The summed E-state index contributed by atoms with van der Waals surface area (Å²) in [4.78, 5) is 11.9. The monoisotopic (exact) mass is 290 g/mol. The Bertz CT molecular complexity index is 381. The number of methoxy groups -OCH3 is 1. The SMILES string of the molecule is CCCCCCCCCCC(=O)Cc1ccc(OC)cc1. The van der Waals surface area contributed by atoms with Gasteiger partial charge in [0.25, 0.3) is 0 Å². The molecule has 0 saturated carbocycles. The highest BCUT2D eigenvalue weighted by Crippen LogP contribution is 2.14. The Kier molecular flexibility index (Phi) is 9.60. The van der Waals surface area contributed by atoms with Gasteiger partial charge in [0.15, 0.2) is 0 Å². The molecule has 0 aliphatic carbocycles. The van der Waals surface area contributed by atoms with Crippen molar-refractivity contribution in [1.82, 2.24) is 0 Å². The van der Waals surface area contributed by atoms with Gasteiger partial charge in [-0.3, -0.25) is 4.79 Å². The van der Waals surface area contributed by atoms with Crippen LogP contribution >= 0.6 is 0 Å². The van der Waals surface area contributed by atoms with Gasteiger partial charge in [-0.15, -0.1) is 0 Å². The second kappa shape index (κ2) is 11.4. The van der Waals surface area contributed by atoms with Gasteiger partial charge in [-0.1, -0.05) is 64.0 Å². The Hall–Kier alpha value is -1.31. The van der Waals surface area contributed by atoms with Crippen LogP contribution in [-0.2, 0) is 11.2 Å². The molecule has 1 rings (SSSR count). The standard InChI is InChI=1S/C19H30O2/c1-3-4-5-6-7-8-9-10-11-18(20)16-17-12-14-19(21-2)15-13-17/h12-15H,3-11,16H2,1-2H3. The molecule has 0 aliphatic heterocycles. The fourth-order valence-electron chi connectivity index (χ4n) is 2.52. The molecule has 0 radical (unpaired) electrons. The average molecular weight is 290 g/mol. The van der Waals surface area contributed by atoms with E-state index in [0.29, 0.717) is 12.2 Å². The Morgan fingerprint density at radius 2 is 1.48 bits per heavy atom. The van der Waals surface area contributed by atoms with Crippen LogP contribution in [0.15, 0.2) is 24.3 Å². The number of unbranched alkanes of at least 4 members (excludes halogenated alkanes) is 7. The van der Waals surface area contributed by atoms with Crippen LogP contribution in [0.5, 0.6) is 5.75 Å². The minimum Gasteiger partial charge on any atom is -0.497 e. The van der Waals surface area contributed by atoms with Crippen LogP contribution in [0.2, 0.25) is 0 Å². The van der Waals surface area contributed by atoms with Gasteiger partial charge in [0.1, 0.15) is 11.5 Å². The van der Waals surface area contributed by atoms with Gasteiger partial charge in [0.05, 0.1) is 7.11 Å². The number of hydrogen-bond donors (Lipinski definition) is 0. The highest BCUT2D eigenvalue weighted by molar-refractivity contribution is 5.80. The molecule has 0 aromatic heterocycles. The summed E-state index contributed by atoms with van der Waals surface area (Å²) >= 11 is 0. The van der Waals surface area contributed by atoms with E-state index < -0.39 is 0 Å². The first-order chi connectivity index (χ1) is 10.3. The molecule has 2 heteroatoms. The maximum atomic E-state index is 11.9. The lowest BCUT2D eigenvalue weighted by molar-refractivity contribution is -0.118. The molecule has 0 unspecified atom stereocenters. The molecule has 21 heavy (non-hydrogen) atoms. The van der Waals surface area contributed by atoms with Gasteiger partial charge in [-0.2, -0.15) is 0 Å². The third kappa shape index (κ3) is 8.54. The second-order valence-electron chi connectivity index (χ2n) is 5.79. The van der Waals surface area contributed by atoms with Gasteiger partial charge in [0, 0.05) is 12.8 Å². The van der Waals surface area contributed by atoms with E-state index in [1.807, 2.05) is 24.3 Å². The van der Waals surface area contributed by atoms with Gasteiger partial charge < -0.3 is 4.74 Å². The Morgan fingerprint density at radius 3 is 2.05 bits per heavy atom. The zero-order valence-corrected chi connectivity index (χ0v) is 13.7. The molecule has 0 fully saturated rings. The van der Waals surface area contributed by atoms with Crippen molar-refractivity contribution in [3.63, 3.8) is 0 Å². The van der Waals surface area contributed by atoms with E-state index >= 15 is 0 Å². The molecule has 0 N–H and O–H groups in total. The number of benzene rings is 1. The Labute approximate surface area is 129 Å². The molecule has 0 heterocycles. The third-order valence-corrected chi connectivity index (χ3v) is 3.87. The van der Waals surface area contributed by atoms with Crippen LogP contribution in [0.3, 0.4) is 0 Å². The van der Waals surface area contributed by atoms with Crippen LogP contribution < -0.4 is 4.74 Å². The quantitative estimate of drug-likeness (QED) is 0.486. The van der Waals surface area contributed by atoms with E-state index in [0.717, 1.165) is 24.2 Å². The summed E-state index contributed by atoms with van der Waals surface area (Å²) in [7, 11) is 1.66. The van der Waals surface area contributed by atoms with E-state index in [-0.39, 0.29) is 0 Å². The zero-order valence-electron chi connectivity index (χ0n) is 13.7. The molecule has 0 amide bonds. The van der Waals surface area contributed by atoms with E-state index in [1.54, 1.807) is 7.11 Å². The van der Waals surface area contributed by atoms with Gasteiger partial charge in [-0.05, 0) is 24.1 Å². The molecule has 0 saturated heterocycles. The molecule has 0 spiro atoms. The third-order valence-electron chi connectivity index (χ3n) is 3.87. The first-order valence-electron chi connectivity index (χ1n) is 8.41. The molecule has 0 aliphatic rings. The molecular formula is C19H30O2. The number of hydrogen-bond acceptors (Lipinski definition) is 2. The van der Waals surface area contributed by atoms with Gasteiger partial charge in [-0.25, -0.2) is 0 Å². The average Bonchev–Trinajstić information content (AvgIpc) is 2.50. The number of carbonyl (C=O) groups excluding carboxylic acids is 1. The number of ether oxygens (including phenoxy) is 1. The van der Waals surface area contributed by atoms with Crippen molar-refractivity contribution in [2.45, 2.75) is 71.1 Å². The Balaban J connectivity index is 2.05. The first kappa shape index (κ1) is 17.7. The minimum atomic E-state index is 0.353. The normalized spacial score (nSPS) is 10.6. The summed E-state index contributed by atoms with van der Waals surface area (Å²) in [6, 6.07) is 7.78. The summed E-state index contributed by atoms with van der Waals surface area (Å²) in [5.74, 6) is 1.19. The lowest BCUT2D eigenvalue weighted by atomic mass is 10.0. The number of rotatable bonds is 12. The van der Waals surface area contributed by atoms with Crippen LogP contribution in [-0.4, -0.2) is 12.9 Å². The molecular weight excluding hydrogens is 260 g/mol. The van der Waals surface area contributed by atoms with E-state index in [4.69, 9.17) is 4.74 Å². The maximum Gasteiger partial charge on any atom is 0.137 e. The van der Waals surface area contributed by atoms with Gasteiger partial charge >= 0.3 is 0 Å². The lowest BCUT2D eigenvalue weighted by Gasteiger charge is -2.04. The van der Waals surface area contributed by atoms with Gasteiger partial charge in [0.2, 0.25) is 0 Å². The van der Waals surface area contributed by atoms with E-state index in [2.05, 4.69) is 6.92 Å². The predicted molar refractivity (Wildman–Crippen MR) is 88.9 cm³/mol. The fraction of sp³-hybridized carbons (Fsp3) is 0.632. The fourth-order valence-corrected chi connectivity index (χ4v) is 2.52. The molecule has 2 nitrogen and oxygen atoms in total. The van der Waals surface area contributed by atoms with Crippen LogP contribution in [0.4, 0.5) is 0 Å². The van der Waals surface area contributed by atoms with Crippen molar-refractivity contribution in [2.75, 3.05) is 7.11 Å². The molecule has 0 atom stereocenters. The largest absolute Gasteiger partial charge is 0.497 e. The summed E-state index contributed by atoms with van der Waals surface area (Å²) in [6.45, 7) is 2.24. The first-order valence-corrected chi connectivity index (χ1v) is 8.41. The predicted octanol–water partition coefficient (Wildman–Crippen LogP) is 5.34. The topological polar surface area (TPSA) is 26.3 Å². The smallest absolute Gasteiger partial charge is 0.137 e. The highest BCUT2D eigenvalue weighted by Gasteiger charge is 2.04. The molecule has 0 bridgehead atoms. The van der Waals surface area contributed by atoms with Crippen molar-refractivity contribution < 1.29 is 9.53 Å². The number of Topliss-reactive ketones (excluding diaryl/α,β-unsaturated/α-hetero) is 1. The van der Waals surface area contributed by atoms with Crippen LogP contribution in [0, 0.1) is 0 Å². The maximum absolute atomic E-state index is 11.9. The molecule has 1 aromatic rings. The number of carbonyl (C=O) groups is 1. The zero-order chi connectivity index (χ0) is 15.3. The summed E-state index contributed by atoms with van der Waals surface area (Å²) < 4.78 is 5.12. The van der Waals surface area contributed by atoms with Crippen LogP contribution in [0.1, 0.15) is 70.3 Å². The van der Waals surface area contributed by atoms with Crippen LogP contribution in [0.25, 0.3) is 0 Å².